The minimum Gasteiger partial charge on any atom is -0.326 e. The van der Waals surface area contributed by atoms with E-state index >= 15 is 0 Å². The van der Waals surface area contributed by atoms with Crippen LogP contribution in [0.3, 0.4) is 0 Å². The van der Waals surface area contributed by atoms with Crippen molar-refractivity contribution in [2.75, 3.05) is 21.3 Å². The van der Waals surface area contributed by atoms with Gasteiger partial charge in [-0.3, -0.25) is 0 Å². The van der Waals surface area contributed by atoms with Crippen molar-refractivity contribution in [1.82, 2.24) is 0 Å². The standard InChI is InChI=1S/C12H19ClO3/c1-14-12(15-2,16-3)11(13)10-8-6-4-5-7-9(8)10/h8-9H,4-7H2,1-3H3. The van der Waals surface area contributed by atoms with Gasteiger partial charge in [0.15, 0.2) is 0 Å². The molecule has 0 heterocycles. The Balaban J connectivity index is 2.23. The van der Waals surface area contributed by atoms with Crippen LogP contribution in [0, 0.1) is 11.8 Å². The van der Waals surface area contributed by atoms with E-state index in [4.69, 9.17) is 25.8 Å². The zero-order valence-corrected chi connectivity index (χ0v) is 10.8. The smallest absolute Gasteiger partial charge is 0.322 e. The molecule has 0 N–H and O–H groups in total. The van der Waals surface area contributed by atoms with Gasteiger partial charge in [0.05, 0.1) is 0 Å². The molecule has 2 aliphatic rings. The molecule has 2 fully saturated rings. The predicted octanol–water partition coefficient (Wildman–Crippen LogP) is 2.89. The summed E-state index contributed by atoms with van der Waals surface area (Å²) < 4.78 is 15.8. The van der Waals surface area contributed by atoms with Crippen molar-refractivity contribution in [3.05, 3.63) is 10.6 Å². The first-order valence-electron chi connectivity index (χ1n) is 5.75. The number of fused-ring (bicyclic) bond motifs is 1. The van der Waals surface area contributed by atoms with E-state index in [9.17, 15) is 0 Å². The first kappa shape index (κ1) is 12.4. The Morgan fingerprint density at radius 2 is 1.50 bits per heavy atom. The van der Waals surface area contributed by atoms with Gasteiger partial charge in [0.2, 0.25) is 0 Å². The molecule has 0 bridgehead atoms. The molecule has 2 unspecified atom stereocenters. The molecule has 0 radical (unpaired) electrons. The molecule has 2 rings (SSSR count). The van der Waals surface area contributed by atoms with Crippen molar-refractivity contribution in [2.45, 2.75) is 31.7 Å². The van der Waals surface area contributed by atoms with Crippen LogP contribution in [0.2, 0.25) is 0 Å². The highest BCUT2D eigenvalue weighted by Crippen LogP contribution is 2.58. The maximum absolute atomic E-state index is 6.38. The van der Waals surface area contributed by atoms with Crippen molar-refractivity contribution in [3.8, 4) is 0 Å². The lowest BCUT2D eigenvalue weighted by Crippen LogP contribution is -2.36. The molecule has 0 amide bonds. The van der Waals surface area contributed by atoms with E-state index in [1.165, 1.54) is 31.3 Å². The summed E-state index contributed by atoms with van der Waals surface area (Å²) in [5, 5.41) is 0.594. The summed E-state index contributed by atoms with van der Waals surface area (Å²) in [6.45, 7) is 0. The molecule has 0 spiro atoms. The number of hydrogen-bond donors (Lipinski definition) is 0. The quantitative estimate of drug-likeness (QED) is 0.714. The van der Waals surface area contributed by atoms with E-state index in [-0.39, 0.29) is 0 Å². The molecule has 92 valence electrons. The van der Waals surface area contributed by atoms with Gasteiger partial charge >= 0.3 is 5.97 Å². The molecule has 0 aromatic heterocycles. The van der Waals surface area contributed by atoms with Crippen LogP contribution in [-0.4, -0.2) is 27.3 Å². The number of allylic oxidation sites excluding steroid dienone is 1. The Hall–Kier alpha value is -0.0900. The van der Waals surface area contributed by atoms with Crippen molar-refractivity contribution in [2.24, 2.45) is 11.8 Å². The van der Waals surface area contributed by atoms with Gasteiger partial charge in [-0.1, -0.05) is 24.4 Å². The molecule has 0 aromatic carbocycles. The van der Waals surface area contributed by atoms with E-state index in [1.807, 2.05) is 0 Å². The van der Waals surface area contributed by atoms with Gasteiger partial charge in [0, 0.05) is 21.3 Å². The van der Waals surface area contributed by atoms with Crippen LogP contribution >= 0.6 is 11.6 Å². The molecule has 0 aliphatic heterocycles. The lowest BCUT2D eigenvalue weighted by atomic mass is 10.0. The molecule has 0 aromatic rings. The Labute approximate surface area is 102 Å². The van der Waals surface area contributed by atoms with Crippen LogP contribution < -0.4 is 0 Å². The lowest BCUT2D eigenvalue weighted by Gasteiger charge is -2.28. The molecule has 16 heavy (non-hydrogen) atoms. The summed E-state index contributed by atoms with van der Waals surface area (Å²) in [6, 6.07) is 0. The fourth-order valence-corrected chi connectivity index (χ4v) is 3.35. The second-order valence-electron chi connectivity index (χ2n) is 4.44. The third kappa shape index (κ3) is 1.80. The zero-order valence-electron chi connectivity index (χ0n) is 10.1. The molecule has 2 atom stereocenters. The van der Waals surface area contributed by atoms with Gasteiger partial charge in [-0.2, -0.15) is 0 Å². The lowest BCUT2D eigenvalue weighted by molar-refractivity contribution is -0.322. The molecule has 2 aliphatic carbocycles. The maximum atomic E-state index is 6.38. The number of methoxy groups -OCH3 is 3. The minimum atomic E-state index is -1.20. The van der Waals surface area contributed by atoms with E-state index in [2.05, 4.69) is 0 Å². The van der Waals surface area contributed by atoms with Gasteiger partial charge in [-0.15, -0.1) is 0 Å². The average molecular weight is 247 g/mol. The topological polar surface area (TPSA) is 27.7 Å². The summed E-state index contributed by atoms with van der Waals surface area (Å²) >= 11 is 6.38. The SMILES string of the molecule is COC(OC)(OC)C(Cl)=C1C2CCCCC12. The summed E-state index contributed by atoms with van der Waals surface area (Å²) in [7, 11) is 4.63. The van der Waals surface area contributed by atoms with Crippen LogP contribution in [0.4, 0.5) is 0 Å². The summed E-state index contributed by atoms with van der Waals surface area (Å²) in [4.78, 5) is 0. The number of rotatable bonds is 4. The van der Waals surface area contributed by atoms with Gasteiger partial charge in [-0.25, -0.2) is 0 Å². The van der Waals surface area contributed by atoms with E-state index in [0.29, 0.717) is 16.9 Å². The Morgan fingerprint density at radius 3 is 1.88 bits per heavy atom. The normalized spacial score (nSPS) is 28.9. The van der Waals surface area contributed by atoms with Crippen LogP contribution in [0.15, 0.2) is 10.6 Å². The molecule has 3 nitrogen and oxygen atoms in total. The molecule has 0 saturated heterocycles. The Morgan fingerprint density at radius 1 is 1.06 bits per heavy atom. The van der Waals surface area contributed by atoms with Crippen molar-refractivity contribution < 1.29 is 14.2 Å². The van der Waals surface area contributed by atoms with Gasteiger partial charge in [0.25, 0.3) is 0 Å². The molecular weight excluding hydrogens is 228 g/mol. The minimum absolute atomic E-state index is 0.594. The highest BCUT2D eigenvalue weighted by atomic mass is 35.5. The summed E-state index contributed by atoms with van der Waals surface area (Å²) in [5.74, 6) is 0.0796. The monoisotopic (exact) mass is 246 g/mol. The van der Waals surface area contributed by atoms with Gasteiger partial charge in [0.1, 0.15) is 5.03 Å². The highest BCUT2D eigenvalue weighted by Gasteiger charge is 2.51. The predicted molar refractivity (Wildman–Crippen MR) is 62.1 cm³/mol. The number of ether oxygens (including phenoxy) is 3. The van der Waals surface area contributed by atoms with Crippen LogP contribution in [-0.2, 0) is 14.2 Å². The first-order chi connectivity index (χ1) is 7.70. The number of hydrogen-bond acceptors (Lipinski definition) is 3. The second-order valence-corrected chi connectivity index (χ2v) is 4.81. The maximum Gasteiger partial charge on any atom is 0.322 e. The fraction of sp³-hybridized carbons (Fsp3) is 0.833. The molecule has 4 heteroatoms. The summed E-state index contributed by atoms with van der Waals surface area (Å²) in [5.41, 5.74) is 1.28. The summed E-state index contributed by atoms with van der Waals surface area (Å²) in [6.07, 6.45) is 5.08. The first-order valence-corrected chi connectivity index (χ1v) is 6.13. The van der Waals surface area contributed by atoms with E-state index in [1.54, 1.807) is 21.3 Å². The largest absolute Gasteiger partial charge is 0.326 e. The zero-order chi connectivity index (χ0) is 11.8. The van der Waals surface area contributed by atoms with Crippen molar-refractivity contribution >= 4 is 11.6 Å². The fourth-order valence-electron chi connectivity index (χ4n) is 2.84. The second kappa shape index (κ2) is 4.65. The van der Waals surface area contributed by atoms with Gasteiger partial charge in [-0.05, 0) is 30.3 Å². The number of halogens is 1. The average Bonchev–Trinajstić information content (AvgIpc) is 3.06. The Bertz CT molecular complexity index is 274. The third-order valence-electron chi connectivity index (χ3n) is 3.78. The highest BCUT2D eigenvalue weighted by molar-refractivity contribution is 6.31. The van der Waals surface area contributed by atoms with E-state index < -0.39 is 5.97 Å². The van der Waals surface area contributed by atoms with Gasteiger partial charge < -0.3 is 14.2 Å². The molecular formula is C12H19ClO3. The van der Waals surface area contributed by atoms with Crippen LogP contribution in [0.25, 0.3) is 0 Å². The van der Waals surface area contributed by atoms with Crippen LogP contribution in [0.5, 0.6) is 0 Å². The van der Waals surface area contributed by atoms with Crippen molar-refractivity contribution in [3.63, 3.8) is 0 Å². The third-order valence-corrected chi connectivity index (χ3v) is 4.23. The Kier molecular flexibility index (Phi) is 3.59. The van der Waals surface area contributed by atoms with Crippen molar-refractivity contribution in [1.29, 1.82) is 0 Å². The van der Waals surface area contributed by atoms with Crippen LogP contribution in [0.1, 0.15) is 25.7 Å². The molecule has 2 saturated carbocycles. The van der Waals surface area contributed by atoms with E-state index in [0.717, 1.165) is 0 Å².